The fraction of sp³-hybridized carbons (Fsp3) is 0.421. The minimum absolute atomic E-state index is 0.111. The Bertz CT molecular complexity index is 714. The van der Waals surface area contributed by atoms with Crippen LogP contribution in [0.25, 0.3) is 0 Å². The largest absolute Gasteiger partial charge is 0.334 e. The molecule has 1 amide bonds. The number of nitrogens with zero attached hydrogens (tertiary/aromatic N) is 3. The van der Waals surface area contributed by atoms with Gasteiger partial charge < -0.3 is 4.90 Å². The maximum Gasteiger partial charge on any atom is 0.227 e. The number of benzene rings is 1. The molecule has 1 aliphatic heterocycles. The lowest BCUT2D eigenvalue weighted by atomic mass is 10.0. The molecule has 0 saturated carbocycles. The van der Waals surface area contributed by atoms with Gasteiger partial charge in [0.2, 0.25) is 5.91 Å². The molecule has 4 heteroatoms. The number of carbonyl (C=O) groups is 1. The maximum absolute atomic E-state index is 12.8. The maximum atomic E-state index is 12.8. The fourth-order valence-corrected chi connectivity index (χ4v) is 3.88. The van der Waals surface area contributed by atoms with E-state index >= 15 is 0 Å². The lowest BCUT2D eigenvalue weighted by Crippen LogP contribution is -2.32. The standard InChI is InChI=1S/C19H21N3O/c23-19(12-14-6-7-15-3-1-4-16(15)11-14)22-10-2-5-18(22)17-8-9-20-13-21-17/h6-9,11,13,18H,1-5,10,12H2/t18-/m0/s1. The number of carbonyl (C=O) groups excluding carboxylic acids is 1. The van der Waals surface area contributed by atoms with Crippen molar-refractivity contribution in [1.29, 1.82) is 0 Å². The highest BCUT2D eigenvalue weighted by molar-refractivity contribution is 5.79. The molecule has 23 heavy (non-hydrogen) atoms. The predicted molar refractivity (Wildman–Crippen MR) is 87.9 cm³/mol. The highest BCUT2D eigenvalue weighted by Crippen LogP contribution is 2.31. The zero-order valence-corrected chi connectivity index (χ0v) is 13.2. The number of likely N-dealkylation sites (tertiary alicyclic amines) is 1. The van der Waals surface area contributed by atoms with Gasteiger partial charge in [0, 0.05) is 12.7 Å². The summed E-state index contributed by atoms with van der Waals surface area (Å²) in [5.41, 5.74) is 4.99. The van der Waals surface area contributed by atoms with Crippen molar-refractivity contribution in [2.24, 2.45) is 0 Å². The highest BCUT2D eigenvalue weighted by atomic mass is 16.2. The van der Waals surface area contributed by atoms with Gasteiger partial charge in [0.25, 0.3) is 0 Å². The number of aromatic nitrogens is 2. The molecule has 1 saturated heterocycles. The summed E-state index contributed by atoms with van der Waals surface area (Å²) in [5.74, 6) is 0.212. The first-order valence-corrected chi connectivity index (χ1v) is 8.47. The van der Waals surface area contributed by atoms with Gasteiger partial charge in [-0.2, -0.15) is 0 Å². The minimum Gasteiger partial charge on any atom is -0.334 e. The zero-order chi connectivity index (χ0) is 15.6. The van der Waals surface area contributed by atoms with Crippen molar-refractivity contribution in [3.8, 4) is 0 Å². The van der Waals surface area contributed by atoms with Crippen molar-refractivity contribution in [1.82, 2.24) is 14.9 Å². The first-order valence-electron chi connectivity index (χ1n) is 8.47. The molecular formula is C19H21N3O. The van der Waals surface area contributed by atoms with Crippen molar-refractivity contribution in [2.45, 2.75) is 44.6 Å². The Hall–Kier alpha value is -2.23. The molecule has 4 nitrogen and oxygen atoms in total. The van der Waals surface area contributed by atoms with Gasteiger partial charge in [-0.3, -0.25) is 4.79 Å². The van der Waals surface area contributed by atoms with Crippen LogP contribution in [0, 0.1) is 0 Å². The molecule has 0 N–H and O–H groups in total. The molecule has 1 aromatic carbocycles. The topological polar surface area (TPSA) is 46.1 Å². The second-order valence-corrected chi connectivity index (χ2v) is 6.51. The fourth-order valence-electron chi connectivity index (χ4n) is 3.88. The summed E-state index contributed by atoms with van der Waals surface area (Å²) in [6.45, 7) is 0.832. The Morgan fingerprint density at radius 2 is 2.09 bits per heavy atom. The second kappa shape index (κ2) is 6.11. The number of fused-ring (bicyclic) bond motifs is 1. The molecule has 0 radical (unpaired) electrons. The van der Waals surface area contributed by atoms with E-state index < -0.39 is 0 Å². The molecule has 2 heterocycles. The van der Waals surface area contributed by atoms with Crippen molar-refractivity contribution in [3.63, 3.8) is 0 Å². The van der Waals surface area contributed by atoms with Gasteiger partial charge in [0.05, 0.1) is 18.2 Å². The molecule has 1 fully saturated rings. The number of hydrogen-bond donors (Lipinski definition) is 0. The Kier molecular flexibility index (Phi) is 3.82. The SMILES string of the molecule is O=C(Cc1ccc2c(c1)CCC2)N1CCC[C@H]1c1ccncn1. The summed E-state index contributed by atoms with van der Waals surface area (Å²) in [7, 11) is 0. The molecule has 1 aliphatic carbocycles. The van der Waals surface area contributed by atoms with Gasteiger partial charge in [0.1, 0.15) is 6.33 Å². The first kappa shape index (κ1) is 14.4. The van der Waals surface area contributed by atoms with E-state index in [0.29, 0.717) is 6.42 Å². The van der Waals surface area contributed by atoms with Gasteiger partial charge in [-0.05, 0) is 54.9 Å². The van der Waals surface area contributed by atoms with Gasteiger partial charge >= 0.3 is 0 Å². The van der Waals surface area contributed by atoms with Crippen LogP contribution in [0.3, 0.4) is 0 Å². The minimum atomic E-state index is 0.111. The Balaban J connectivity index is 1.50. The first-order chi connectivity index (χ1) is 11.3. The lowest BCUT2D eigenvalue weighted by molar-refractivity contribution is -0.131. The monoisotopic (exact) mass is 307 g/mol. The number of rotatable bonds is 3. The van der Waals surface area contributed by atoms with Crippen molar-refractivity contribution in [3.05, 3.63) is 59.2 Å². The summed E-state index contributed by atoms with van der Waals surface area (Å²) in [6, 6.07) is 8.59. The van der Waals surface area contributed by atoms with E-state index in [1.54, 1.807) is 12.5 Å². The number of hydrogen-bond acceptors (Lipinski definition) is 3. The van der Waals surface area contributed by atoms with Gasteiger partial charge in [-0.1, -0.05) is 18.2 Å². The molecule has 0 spiro atoms. The van der Waals surface area contributed by atoms with Gasteiger partial charge in [-0.25, -0.2) is 9.97 Å². The van der Waals surface area contributed by atoms with Crippen LogP contribution in [0.4, 0.5) is 0 Å². The van der Waals surface area contributed by atoms with Gasteiger partial charge in [0.15, 0.2) is 0 Å². The molecule has 2 aliphatic rings. The smallest absolute Gasteiger partial charge is 0.227 e. The van der Waals surface area contributed by atoms with E-state index in [-0.39, 0.29) is 11.9 Å². The Labute approximate surface area is 136 Å². The van der Waals surface area contributed by atoms with Crippen molar-refractivity contribution < 1.29 is 4.79 Å². The van der Waals surface area contributed by atoms with Gasteiger partial charge in [-0.15, -0.1) is 0 Å². The van der Waals surface area contributed by atoms with Crippen LogP contribution in [-0.2, 0) is 24.1 Å². The quantitative estimate of drug-likeness (QED) is 0.876. The Morgan fingerprint density at radius 1 is 1.17 bits per heavy atom. The molecule has 1 atom stereocenters. The second-order valence-electron chi connectivity index (χ2n) is 6.51. The van der Waals surface area contributed by atoms with Crippen LogP contribution in [0.1, 0.15) is 47.7 Å². The molecule has 2 aromatic rings. The third-order valence-electron chi connectivity index (χ3n) is 5.04. The summed E-state index contributed by atoms with van der Waals surface area (Å²) >= 11 is 0. The highest BCUT2D eigenvalue weighted by Gasteiger charge is 2.30. The van der Waals surface area contributed by atoms with Crippen LogP contribution >= 0.6 is 0 Å². The van der Waals surface area contributed by atoms with Crippen LogP contribution in [0.15, 0.2) is 36.8 Å². The molecular weight excluding hydrogens is 286 g/mol. The van der Waals surface area contributed by atoms with Crippen molar-refractivity contribution in [2.75, 3.05) is 6.54 Å². The molecule has 1 aromatic heterocycles. The van der Waals surface area contributed by atoms with Crippen LogP contribution in [0.2, 0.25) is 0 Å². The third-order valence-corrected chi connectivity index (χ3v) is 5.04. The van der Waals surface area contributed by atoms with E-state index in [4.69, 9.17) is 0 Å². The van der Waals surface area contributed by atoms with Crippen LogP contribution in [0.5, 0.6) is 0 Å². The summed E-state index contributed by atoms with van der Waals surface area (Å²) < 4.78 is 0. The summed E-state index contributed by atoms with van der Waals surface area (Å²) in [5, 5.41) is 0. The van der Waals surface area contributed by atoms with E-state index in [1.165, 1.54) is 24.0 Å². The average Bonchev–Trinajstić information content (AvgIpc) is 3.24. The van der Waals surface area contributed by atoms with Crippen LogP contribution < -0.4 is 0 Å². The van der Waals surface area contributed by atoms with Crippen molar-refractivity contribution >= 4 is 5.91 Å². The number of aryl methyl sites for hydroxylation is 2. The normalized spacial score (nSPS) is 19.8. The zero-order valence-electron chi connectivity index (χ0n) is 13.2. The summed E-state index contributed by atoms with van der Waals surface area (Å²) in [4.78, 5) is 23.1. The Morgan fingerprint density at radius 3 is 2.96 bits per heavy atom. The predicted octanol–water partition coefficient (Wildman–Crippen LogP) is 2.87. The lowest BCUT2D eigenvalue weighted by Gasteiger charge is -2.24. The summed E-state index contributed by atoms with van der Waals surface area (Å²) in [6.07, 6.45) is 9.44. The third kappa shape index (κ3) is 2.85. The van der Waals surface area contributed by atoms with E-state index in [9.17, 15) is 4.79 Å². The van der Waals surface area contributed by atoms with E-state index in [1.807, 2.05) is 11.0 Å². The molecule has 0 unspecified atom stereocenters. The molecule has 4 rings (SSSR count). The van der Waals surface area contributed by atoms with E-state index in [2.05, 4.69) is 28.2 Å². The van der Waals surface area contributed by atoms with Crippen LogP contribution in [-0.4, -0.2) is 27.3 Å². The average molecular weight is 307 g/mol. The molecule has 118 valence electrons. The molecule has 0 bridgehead atoms. The number of amides is 1. The van der Waals surface area contributed by atoms with E-state index in [0.717, 1.165) is 37.1 Å².